The molecule has 0 saturated heterocycles. The molecular formula is C21H22N4O2. The van der Waals surface area contributed by atoms with Crippen molar-refractivity contribution < 1.29 is 4.79 Å². The number of rotatable bonds is 6. The molecule has 1 amide bonds. The summed E-state index contributed by atoms with van der Waals surface area (Å²) >= 11 is 0. The highest BCUT2D eigenvalue weighted by molar-refractivity contribution is 5.94. The topological polar surface area (TPSA) is 78.1 Å². The Labute approximate surface area is 157 Å². The predicted octanol–water partition coefficient (Wildman–Crippen LogP) is 3.07. The van der Waals surface area contributed by atoms with E-state index in [9.17, 15) is 9.59 Å². The van der Waals surface area contributed by atoms with Gasteiger partial charge in [0.05, 0.1) is 6.54 Å². The first kappa shape index (κ1) is 18.4. The Bertz CT molecular complexity index is 983. The molecule has 138 valence electrons. The molecule has 3 aromatic rings. The molecule has 1 aromatic heterocycles. The van der Waals surface area contributed by atoms with Gasteiger partial charge in [-0.15, -0.1) is 0 Å². The minimum atomic E-state index is -0.184. The van der Waals surface area contributed by atoms with Crippen molar-refractivity contribution in [2.45, 2.75) is 13.3 Å². The molecule has 0 fully saturated rings. The second kappa shape index (κ2) is 8.31. The highest BCUT2D eigenvalue weighted by Gasteiger charge is 2.09. The molecular weight excluding hydrogens is 340 g/mol. The van der Waals surface area contributed by atoms with E-state index in [4.69, 9.17) is 0 Å². The van der Waals surface area contributed by atoms with Crippen LogP contribution in [0.3, 0.4) is 0 Å². The summed E-state index contributed by atoms with van der Waals surface area (Å²) in [5, 5.41) is 2.90. The molecule has 6 nitrogen and oxygen atoms in total. The molecule has 1 heterocycles. The Morgan fingerprint density at radius 2 is 1.89 bits per heavy atom. The van der Waals surface area contributed by atoms with E-state index < -0.39 is 0 Å². The Morgan fingerprint density at radius 1 is 1.11 bits per heavy atom. The predicted molar refractivity (Wildman–Crippen MR) is 108 cm³/mol. The van der Waals surface area contributed by atoms with Crippen LogP contribution in [0.4, 0.5) is 11.4 Å². The lowest BCUT2D eigenvalue weighted by Crippen LogP contribution is -2.29. The lowest BCUT2D eigenvalue weighted by molar-refractivity contribution is -0.114. The maximum absolute atomic E-state index is 12.4. The summed E-state index contributed by atoms with van der Waals surface area (Å²) in [6, 6.07) is 18.5. The summed E-state index contributed by atoms with van der Waals surface area (Å²) in [5.41, 5.74) is 2.92. The quantitative estimate of drug-likeness (QED) is 0.706. The molecule has 3 rings (SSSR count). The number of aryl methyl sites for hydroxylation is 1. The van der Waals surface area contributed by atoms with Gasteiger partial charge in [0.15, 0.2) is 0 Å². The van der Waals surface area contributed by atoms with Gasteiger partial charge in [-0.3, -0.25) is 9.59 Å². The number of amides is 1. The minimum Gasteiger partial charge on any atom is -0.365 e. The number of carbonyl (C=O) groups excluding carboxylic acids is 1. The van der Waals surface area contributed by atoms with E-state index in [1.165, 1.54) is 6.07 Å². The molecule has 0 bridgehead atoms. The number of nitrogens with zero attached hydrogens (tertiary/aromatic N) is 2. The molecule has 2 aromatic carbocycles. The SMILES string of the molecule is CCc1cc(=O)[nH]c(-c2cccc(NC(=O)CN(C)c3ccccc3)c2)n1. The maximum Gasteiger partial charge on any atom is 0.251 e. The first-order valence-corrected chi connectivity index (χ1v) is 8.82. The summed E-state index contributed by atoms with van der Waals surface area (Å²) in [6.45, 7) is 2.18. The fourth-order valence-corrected chi connectivity index (χ4v) is 2.76. The third-order valence-corrected chi connectivity index (χ3v) is 4.15. The standard InChI is InChI=1S/C21H22N4O2/c1-3-16-13-19(26)24-21(23-16)15-8-7-9-17(12-15)22-20(27)14-25(2)18-10-5-4-6-11-18/h4-13H,3,14H2,1-2H3,(H,22,27)(H,23,24,26). The van der Waals surface area contributed by atoms with Gasteiger partial charge in [0.25, 0.3) is 5.56 Å². The number of carbonyl (C=O) groups is 1. The van der Waals surface area contributed by atoms with E-state index in [1.807, 2.05) is 67.4 Å². The number of nitrogens with one attached hydrogen (secondary N) is 2. The molecule has 2 N–H and O–H groups in total. The second-order valence-electron chi connectivity index (χ2n) is 6.26. The maximum atomic E-state index is 12.4. The van der Waals surface area contributed by atoms with Gasteiger partial charge < -0.3 is 15.2 Å². The number of hydrogen-bond acceptors (Lipinski definition) is 4. The van der Waals surface area contributed by atoms with Gasteiger partial charge in [0.1, 0.15) is 5.82 Å². The number of aromatic nitrogens is 2. The van der Waals surface area contributed by atoms with Crippen LogP contribution in [-0.2, 0) is 11.2 Å². The number of hydrogen-bond donors (Lipinski definition) is 2. The minimum absolute atomic E-state index is 0.123. The Morgan fingerprint density at radius 3 is 2.63 bits per heavy atom. The molecule has 0 aliphatic carbocycles. The van der Waals surface area contributed by atoms with Gasteiger partial charge in [0.2, 0.25) is 5.91 Å². The van der Waals surface area contributed by atoms with Gasteiger partial charge in [-0.2, -0.15) is 0 Å². The molecule has 0 unspecified atom stereocenters. The van der Waals surface area contributed by atoms with E-state index in [2.05, 4.69) is 15.3 Å². The molecule has 0 saturated carbocycles. The first-order valence-electron chi connectivity index (χ1n) is 8.82. The van der Waals surface area contributed by atoms with Crippen LogP contribution in [0, 0.1) is 0 Å². The zero-order valence-electron chi connectivity index (χ0n) is 15.4. The fraction of sp³-hybridized carbons (Fsp3) is 0.190. The van der Waals surface area contributed by atoms with Gasteiger partial charge in [0, 0.05) is 35.7 Å². The molecule has 0 spiro atoms. The molecule has 0 radical (unpaired) electrons. The number of anilines is 2. The Hall–Kier alpha value is -3.41. The average Bonchev–Trinajstić information content (AvgIpc) is 2.68. The normalized spacial score (nSPS) is 10.4. The summed E-state index contributed by atoms with van der Waals surface area (Å²) in [5.74, 6) is 0.374. The lowest BCUT2D eigenvalue weighted by Gasteiger charge is -2.18. The van der Waals surface area contributed by atoms with Crippen LogP contribution in [0.5, 0.6) is 0 Å². The highest BCUT2D eigenvalue weighted by atomic mass is 16.2. The summed E-state index contributed by atoms with van der Waals surface area (Å²) < 4.78 is 0. The first-order chi connectivity index (χ1) is 13.0. The van der Waals surface area contributed by atoms with Gasteiger partial charge >= 0.3 is 0 Å². The second-order valence-corrected chi connectivity index (χ2v) is 6.26. The van der Waals surface area contributed by atoms with Crippen molar-refractivity contribution in [3.8, 4) is 11.4 Å². The highest BCUT2D eigenvalue weighted by Crippen LogP contribution is 2.19. The number of benzene rings is 2. The van der Waals surface area contributed by atoms with Crippen molar-refractivity contribution in [1.82, 2.24) is 9.97 Å². The third-order valence-electron chi connectivity index (χ3n) is 4.15. The lowest BCUT2D eigenvalue weighted by atomic mass is 10.1. The van der Waals surface area contributed by atoms with Gasteiger partial charge in [-0.25, -0.2) is 4.98 Å². The van der Waals surface area contributed by atoms with Crippen LogP contribution in [0.15, 0.2) is 65.5 Å². The summed E-state index contributed by atoms with van der Waals surface area (Å²) in [4.78, 5) is 33.2. The van der Waals surface area contributed by atoms with Crippen LogP contribution >= 0.6 is 0 Å². The summed E-state index contributed by atoms with van der Waals surface area (Å²) in [7, 11) is 1.87. The van der Waals surface area contributed by atoms with Crippen LogP contribution in [0.25, 0.3) is 11.4 Å². The average molecular weight is 362 g/mol. The number of aromatic amines is 1. The van der Waals surface area contributed by atoms with Crippen molar-refractivity contribution in [3.63, 3.8) is 0 Å². The Balaban J connectivity index is 1.73. The van der Waals surface area contributed by atoms with Crippen molar-refractivity contribution in [3.05, 3.63) is 76.7 Å². The zero-order valence-corrected chi connectivity index (χ0v) is 15.4. The number of likely N-dealkylation sites (N-methyl/N-ethyl adjacent to an activating group) is 1. The largest absolute Gasteiger partial charge is 0.365 e. The van der Waals surface area contributed by atoms with Crippen LogP contribution in [-0.4, -0.2) is 29.5 Å². The number of H-pyrrole nitrogens is 1. The molecule has 0 aliphatic rings. The molecule has 0 atom stereocenters. The molecule has 0 aliphatic heterocycles. The molecule has 27 heavy (non-hydrogen) atoms. The van der Waals surface area contributed by atoms with Gasteiger partial charge in [-0.1, -0.05) is 37.3 Å². The van der Waals surface area contributed by atoms with E-state index in [-0.39, 0.29) is 18.0 Å². The van der Waals surface area contributed by atoms with Crippen LogP contribution < -0.4 is 15.8 Å². The Kier molecular flexibility index (Phi) is 5.66. The van der Waals surface area contributed by atoms with Crippen LogP contribution in [0.1, 0.15) is 12.6 Å². The van der Waals surface area contributed by atoms with Crippen molar-refractivity contribution in [2.75, 3.05) is 23.8 Å². The van der Waals surface area contributed by atoms with E-state index in [0.29, 0.717) is 17.9 Å². The zero-order chi connectivity index (χ0) is 19.2. The summed E-state index contributed by atoms with van der Waals surface area (Å²) in [6.07, 6.45) is 0.680. The van der Waals surface area contributed by atoms with E-state index in [0.717, 1.165) is 16.9 Å². The van der Waals surface area contributed by atoms with Crippen molar-refractivity contribution in [2.24, 2.45) is 0 Å². The van der Waals surface area contributed by atoms with E-state index in [1.54, 1.807) is 6.07 Å². The fourth-order valence-electron chi connectivity index (χ4n) is 2.76. The smallest absolute Gasteiger partial charge is 0.251 e. The number of para-hydroxylation sites is 1. The third kappa shape index (κ3) is 4.82. The van der Waals surface area contributed by atoms with Crippen molar-refractivity contribution >= 4 is 17.3 Å². The van der Waals surface area contributed by atoms with E-state index >= 15 is 0 Å². The van der Waals surface area contributed by atoms with Gasteiger partial charge in [-0.05, 0) is 30.7 Å². The molecule has 6 heteroatoms. The van der Waals surface area contributed by atoms with Crippen LogP contribution in [0.2, 0.25) is 0 Å². The van der Waals surface area contributed by atoms with Crippen molar-refractivity contribution in [1.29, 1.82) is 0 Å². The monoisotopic (exact) mass is 362 g/mol.